The van der Waals surface area contributed by atoms with Crippen molar-refractivity contribution in [2.24, 2.45) is 0 Å². The molecule has 0 spiro atoms. The molecule has 0 saturated carbocycles. The van der Waals surface area contributed by atoms with Gasteiger partial charge in [-0.25, -0.2) is 0 Å². The first-order valence-electron chi connectivity index (χ1n) is 8.77. The minimum Gasteiger partial charge on any atom is -0.494 e. The number of nitro benzene ring substituents is 1. The Morgan fingerprint density at radius 2 is 1.82 bits per heavy atom. The lowest BCUT2D eigenvalue weighted by Gasteiger charge is -2.16. The molecular weight excluding hydrogens is 380 g/mol. The van der Waals surface area contributed by atoms with E-state index in [2.05, 4.69) is 10.6 Å². The number of non-ortho nitro benzene ring substituents is 1. The van der Waals surface area contributed by atoms with E-state index in [4.69, 9.17) is 17.0 Å². The third kappa shape index (κ3) is 4.55. The Bertz CT molecular complexity index is 895. The number of ether oxygens (including phenoxy) is 1. The van der Waals surface area contributed by atoms with Gasteiger partial charge in [-0.15, -0.1) is 0 Å². The summed E-state index contributed by atoms with van der Waals surface area (Å²) in [6.45, 7) is 1.62. The molecule has 9 heteroatoms. The summed E-state index contributed by atoms with van der Waals surface area (Å²) >= 11 is 5.29. The number of carbonyl (C=O) groups is 1. The molecule has 146 valence electrons. The van der Waals surface area contributed by atoms with Gasteiger partial charge in [0.1, 0.15) is 5.75 Å². The largest absolute Gasteiger partial charge is 0.494 e. The van der Waals surface area contributed by atoms with E-state index in [0.29, 0.717) is 22.1 Å². The Hall–Kier alpha value is -3.20. The van der Waals surface area contributed by atoms with E-state index in [0.717, 1.165) is 31.6 Å². The monoisotopic (exact) mass is 400 g/mol. The molecule has 0 bridgehead atoms. The summed E-state index contributed by atoms with van der Waals surface area (Å²) in [4.78, 5) is 24.6. The fourth-order valence-corrected chi connectivity index (χ4v) is 3.21. The van der Waals surface area contributed by atoms with Crippen molar-refractivity contribution in [1.29, 1.82) is 0 Å². The van der Waals surface area contributed by atoms with Gasteiger partial charge in [-0.3, -0.25) is 14.9 Å². The normalized spacial score (nSPS) is 13.1. The molecule has 28 heavy (non-hydrogen) atoms. The smallest absolute Gasteiger partial charge is 0.273 e. The van der Waals surface area contributed by atoms with Crippen molar-refractivity contribution < 1.29 is 14.5 Å². The third-order valence-electron chi connectivity index (χ3n) is 4.43. The Morgan fingerprint density at radius 3 is 2.43 bits per heavy atom. The molecule has 1 heterocycles. The van der Waals surface area contributed by atoms with Gasteiger partial charge in [0.15, 0.2) is 5.11 Å². The first-order valence-corrected chi connectivity index (χ1v) is 9.18. The quantitative estimate of drug-likeness (QED) is 0.449. The van der Waals surface area contributed by atoms with Gasteiger partial charge in [-0.2, -0.15) is 0 Å². The highest BCUT2D eigenvalue weighted by atomic mass is 32.1. The Morgan fingerprint density at radius 1 is 1.14 bits per heavy atom. The zero-order chi connectivity index (χ0) is 20.1. The summed E-state index contributed by atoms with van der Waals surface area (Å²) in [6, 6.07) is 11.3. The molecule has 8 nitrogen and oxygen atoms in total. The molecule has 0 aliphatic carbocycles. The number of thiocarbonyl (C=S) groups is 1. The Labute approximate surface area is 167 Å². The number of methoxy groups -OCH3 is 1. The summed E-state index contributed by atoms with van der Waals surface area (Å²) in [6.07, 6.45) is 2.11. The van der Waals surface area contributed by atoms with Crippen LogP contribution in [0.25, 0.3) is 0 Å². The van der Waals surface area contributed by atoms with Crippen LogP contribution in [0.4, 0.5) is 17.1 Å². The van der Waals surface area contributed by atoms with E-state index in [1.807, 2.05) is 4.90 Å². The highest BCUT2D eigenvalue weighted by Gasteiger charge is 2.19. The summed E-state index contributed by atoms with van der Waals surface area (Å²) in [5.41, 5.74) is 1.80. The summed E-state index contributed by atoms with van der Waals surface area (Å²) in [7, 11) is 1.43. The molecule has 2 aromatic carbocycles. The van der Waals surface area contributed by atoms with E-state index in [9.17, 15) is 14.9 Å². The van der Waals surface area contributed by atoms with Gasteiger partial charge in [0.25, 0.3) is 11.6 Å². The van der Waals surface area contributed by atoms with Gasteiger partial charge in [-0.1, -0.05) is 0 Å². The number of nitro groups is 1. The fraction of sp³-hybridized carbons (Fsp3) is 0.263. The van der Waals surface area contributed by atoms with Crippen LogP contribution in [0.2, 0.25) is 0 Å². The standard InChI is InChI=1S/C19H20N4O4S/c1-27-17-12-15(23(25)26)8-9-16(17)21-19(28)20-14-6-4-13(5-7-14)18(24)22-10-2-3-11-22/h4-9,12H,2-3,10-11H2,1H3,(H2,20,21,28). The molecule has 1 amide bonds. The van der Waals surface area contributed by atoms with Crippen molar-refractivity contribution in [3.63, 3.8) is 0 Å². The first-order chi connectivity index (χ1) is 13.5. The van der Waals surface area contributed by atoms with E-state index < -0.39 is 4.92 Å². The van der Waals surface area contributed by atoms with Crippen molar-refractivity contribution in [2.75, 3.05) is 30.8 Å². The number of anilines is 2. The van der Waals surface area contributed by atoms with Crippen LogP contribution in [0.5, 0.6) is 5.75 Å². The summed E-state index contributed by atoms with van der Waals surface area (Å²) < 4.78 is 5.18. The molecule has 0 aromatic heterocycles. The average Bonchev–Trinajstić information content (AvgIpc) is 3.23. The second kappa shape index (κ2) is 8.66. The molecule has 0 unspecified atom stereocenters. The molecule has 1 saturated heterocycles. The minimum atomic E-state index is -0.492. The highest BCUT2D eigenvalue weighted by molar-refractivity contribution is 7.80. The van der Waals surface area contributed by atoms with Crippen LogP contribution in [0.1, 0.15) is 23.2 Å². The number of nitrogens with zero attached hydrogens (tertiary/aromatic N) is 2. The number of nitrogens with one attached hydrogen (secondary N) is 2. The zero-order valence-corrected chi connectivity index (χ0v) is 16.1. The van der Waals surface area contributed by atoms with Crippen LogP contribution in [-0.4, -0.2) is 41.0 Å². The lowest BCUT2D eigenvalue weighted by molar-refractivity contribution is -0.384. The van der Waals surface area contributed by atoms with Crippen molar-refractivity contribution in [3.05, 3.63) is 58.1 Å². The number of amides is 1. The van der Waals surface area contributed by atoms with Gasteiger partial charge in [0.2, 0.25) is 0 Å². The maximum absolute atomic E-state index is 12.4. The highest BCUT2D eigenvalue weighted by Crippen LogP contribution is 2.29. The summed E-state index contributed by atoms with van der Waals surface area (Å²) in [5.74, 6) is 0.352. The summed E-state index contributed by atoms with van der Waals surface area (Å²) in [5, 5.41) is 17.1. The zero-order valence-electron chi connectivity index (χ0n) is 15.3. The lowest BCUT2D eigenvalue weighted by atomic mass is 10.2. The number of benzene rings is 2. The third-order valence-corrected chi connectivity index (χ3v) is 4.63. The predicted molar refractivity (Wildman–Crippen MR) is 111 cm³/mol. The second-order valence-corrected chi connectivity index (χ2v) is 6.71. The van der Waals surface area contributed by atoms with E-state index in [-0.39, 0.29) is 11.6 Å². The van der Waals surface area contributed by atoms with Gasteiger partial charge in [0.05, 0.1) is 23.8 Å². The molecule has 1 aliphatic heterocycles. The van der Waals surface area contributed by atoms with Gasteiger partial charge in [-0.05, 0) is 55.4 Å². The van der Waals surface area contributed by atoms with E-state index >= 15 is 0 Å². The van der Waals surface area contributed by atoms with Crippen LogP contribution in [0.3, 0.4) is 0 Å². The van der Waals surface area contributed by atoms with Crippen molar-refractivity contribution in [1.82, 2.24) is 4.90 Å². The lowest BCUT2D eigenvalue weighted by Crippen LogP contribution is -2.27. The van der Waals surface area contributed by atoms with Crippen LogP contribution < -0.4 is 15.4 Å². The maximum atomic E-state index is 12.4. The van der Waals surface area contributed by atoms with Gasteiger partial charge < -0.3 is 20.3 Å². The molecule has 0 radical (unpaired) electrons. The van der Waals surface area contributed by atoms with Gasteiger partial charge >= 0.3 is 0 Å². The van der Waals surface area contributed by atoms with E-state index in [1.165, 1.54) is 25.3 Å². The molecule has 1 aliphatic rings. The predicted octanol–water partition coefficient (Wildman–Crippen LogP) is 3.65. The van der Waals surface area contributed by atoms with Crippen LogP contribution in [0.15, 0.2) is 42.5 Å². The Balaban J connectivity index is 1.63. The molecule has 2 aromatic rings. The minimum absolute atomic E-state index is 0.0420. The molecular formula is C19H20N4O4S. The van der Waals surface area contributed by atoms with Gasteiger partial charge in [0, 0.05) is 30.4 Å². The molecule has 3 rings (SSSR count). The SMILES string of the molecule is COc1cc([N+](=O)[O-])ccc1NC(=S)Nc1ccc(C(=O)N2CCCC2)cc1. The average molecular weight is 400 g/mol. The molecule has 0 atom stereocenters. The van der Waals surface area contributed by atoms with Crippen LogP contribution >= 0.6 is 12.2 Å². The number of hydrogen-bond acceptors (Lipinski definition) is 5. The van der Waals surface area contributed by atoms with Crippen LogP contribution in [0, 0.1) is 10.1 Å². The first kappa shape index (κ1) is 19.6. The maximum Gasteiger partial charge on any atom is 0.273 e. The van der Waals surface area contributed by atoms with Crippen molar-refractivity contribution in [3.8, 4) is 5.75 Å². The number of rotatable bonds is 5. The second-order valence-electron chi connectivity index (χ2n) is 6.30. The number of hydrogen-bond donors (Lipinski definition) is 2. The van der Waals surface area contributed by atoms with Crippen molar-refractivity contribution in [2.45, 2.75) is 12.8 Å². The van der Waals surface area contributed by atoms with Crippen molar-refractivity contribution >= 4 is 40.3 Å². The molecule has 1 fully saturated rings. The molecule has 2 N–H and O–H groups in total. The Kier molecular flexibility index (Phi) is 6.05. The number of likely N-dealkylation sites (tertiary alicyclic amines) is 1. The fourth-order valence-electron chi connectivity index (χ4n) is 2.98. The number of carbonyl (C=O) groups excluding carboxylic acids is 1. The van der Waals surface area contributed by atoms with Crippen LogP contribution in [-0.2, 0) is 0 Å². The van der Waals surface area contributed by atoms with E-state index in [1.54, 1.807) is 24.3 Å². The topological polar surface area (TPSA) is 96.7 Å².